The smallest absolute Gasteiger partial charge is 0.251 e. The maximum absolute atomic E-state index is 12.7. The second-order valence-electron chi connectivity index (χ2n) is 7.73. The van der Waals surface area contributed by atoms with Crippen LogP contribution < -0.4 is 20.1 Å². The van der Waals surface area contributed by atoms with Gasteiger partial charge in [-0.15, -0.1) is 0 Å². The molecule has 0 saturated heterocycles. The van der Waals surface area contributed by atoms with E-state index in [9.17, 15) is 18.0 Å². The van der Waals surface area contributed by atoms with E-state index in [1.807, 2.05) is 0 Å². The Labute approximate surface area is 202 Å². The first-order chi connectivity index (χ1) is 15.8. The number of sulfonamides is 1. The molecule has 0 radical (unpaired) electrons. The normalized spacial score (nSPS) is 14.1. The second kappa shape index (κ2) is 11.6. The third kappa shape index (κ3) is 7.02. The lowest BCUT2D eigenvalue weighted by atomic mass is 10.1. The largest absolute Gasteiger partial charge is 0.492 e. The number of nitrogens with one attached hydrogen (secondary N) is 3. The van der Waals surface area contributed by atoms with Crippen molar-refractivity contribution in [3.63, 3.8) is 0 Å². The zero-order valence-corrected chi connectivity index (χ0v) is 20.8. The van der Waals surface area contributed by atoms with Gasteiger partial charge in [0, 0.05) is 34.7 Å². The molecule has 3 rings (SSSR count). The summed E-state index contributed by atoms with van der Waals surface area (Å²) in [4.78, 5) is 24.6. The number of hydrogen-bond acceptors (Lipinski definition) is 5. The summed E-state index contributed by atoms with van der Waals surface area (Å²) in [5, 5.41) is 5.58. The molecule has 2 aromatic rings. The van der Waals surface area contributed by atoms with Crippen LogP contribution in [0.5, 0.6) is 5.75 Å². The van der Waals surface area contributed by atoms with Crippen molar-refractivity contribution in [2.24, 2.45) is 5.92 Å². The van der Waals surface area contributed by atoms with E-state index >= 15 is 0 Å². The Kier molecular flexibility index (Phi) is 8.87. The first-order valence-electron chi connectivity index (χ1n) is 10.9. The molecule has 33 heavy (non-hydrogen) atoms. The van der Waals surface area contributed by atoms with E-state index in [2.05, 4.69) is 31.3 Å². The van der Waals surface area contributed by atoms with Crippen LogP contribution in [0.4, 0.5) is 5.69 Å². The Bertz CT molecular complexity index is 1080. The molecule has 178 valence electrons. The summed E-state index contributed by atoms with van der Waals surface area (Å²) < 4.78 is 33.8. The summed E-state index contributed by atoms with van der Waals surface area (Å²) in [7, 11) is -3.82. The van der Waals surface area contributed by atoms with Crippen molar-refractivity contribution in [2.45, 2.75) is 37.5 Å². The molecule has 0 aliphatic heterocycles. The molecule has 1 fully saturated rings. The summed E-state index contributed by atoms with van der Waals surface area (Å²) in [6, 6.07) is 11.4. The molecule has 0 atom stereocenters. The summed E-state index contributed by atoms with van der Waals surface area (Å²) in [6.07, 6.45) is 4.02. The molecule has 0 bridgehead atoms. The molecule has 1 saturated carbocycles. The van der Waals surface area contributed by atoms with Gasteiger partial charge >= 0.3 is 0 Å². The number of rotatable bonds is 10. The van der Waals surface area contributed by atoms with Crippen LogP contribution >= 0.6 is 15.9 Å². The van der Waals surface area contributed by atoms with Gasteiger partial charge in [0.05, 0.1) is 6.61 Å². The Hall–Kier alpha value is -2.43. The lowest BCUT2D eigenvalue weighted by molar-refractivity contribution is -0.119. The molecule has 2 aromatic carbocycles. The number of anilines is 1. The highest BCUT2D eigenvalue weighted by Crippen LogP contribution is 2.28. The Balaban J connectivity index is 1.49. The van der Waals surface area contributed by atoms with Crippen molar-refractivity contribution in [1.82, 2.24) is 10.0 Å². The minimum Gasteiger partial charge on any atom is -0.492 e. The topological polar surface area (TPSA) is 114 Å². The monoisotopic (exact) mass is 537 g/mol. The maximum Gasteiger partial charge on any atom is 0.251 e. The van der Waals surface area contributed by atoms with Crippen molar-refractivity contribution < 1.29 is 22.7 Å². The molecule has 8 nitrogen and oxygen atoms in total. The van der Waals surface area contributed by atoms with Gasteiger partial charge in [-0.1, -0.05) is 28.8 Å². The summed E-state index contributed by atoms with van der Waals surface area (Å²) in [5.41, 5.74) is 1.07. The molecular formula is C23H28BrN3O5S. The van der Waals surface area contributed by atoms with Crippen LogP contribution in [0, 0.1) is 5.92 Å². The van der Waals surface area contributed by atoms with Crippen LogP contribution in [0.3, 0.4) is 0 Å². The number of halogens is 1. The lowest BCUT2D eigenvalue weighted by Crippen LogP contribution is -2.34. The standard InChI is InChI=1S/C23H28BrN3O5S/c1-2-32-20-12-9-18(24)15-21(20)33(30,31)26-14-13-25-22(28)17-7-10-19(11-8-17)27-23(29)16-5-3-4-6-16/h7-12,15-16,26H,2-6,13-14H2,1H3,(H,25,28)(H,27,29). The van der Waals surface area contributed by atoms with Gasteiger partial charge < -0.3 is 15.4 Å². The average molecular weight is 538 g/mol. The molecule has 0 unspecified atom stereocenters. The molecule has 0 spiro atoms. The second-order valence-corrected chi connectivity index (χ2v) is 10.4. The Morgan fingerprint density at radius 1 is 1.06 bits per heavy atom. The van der Waals surface area contributed by atoms with E-state index in [-0.39, 0.29) is 41.5 Å². The molecule has 1 aliphatic carbocycles. The summed E-state index contributed by atoms with van der Waals surface area (Å²) in [6.45, 7) is 2.23. The highest BCUT2D eigenvalue weighted by Gasteiger charge is 2.23. The Morgan fingerprint density at radius 2 is 1.76 bits per heavy atom. The maximum atomic E-state index is 12.7. The van der Waals surface area contributed by atoms with E-state index < -0.39 is 10.0 Å². The number of carbonyl (C=O) groups excluding carboxylic acids is 2. The van der Waals surface area contributed by atoms with Crippen LogP contribution in [0.25, 0.3) is 0 Å². The fraction of sp³-hybridized carbons (Fsp3) is 0.391. The first-order valence-corrected chi connectivity index (χ1v) is 13.2. The minimum absolute atomic E-state index is 0.0156. The van der Waals surface area contributed by atoms with E-state index in [0.717, 1.165) is 25.7 Å². The fourth-order valence-electron chi connectivity index (χ4n) is 3.65. The SMILES string of the molecule is CCOc1ccc(Br)cc1S(=O)(=O)NCCNC(=O)c1ccc(NC(=O)C2CCCC2)cc1. The zero-order valence-electron chi connectivity index (χ0n) is 18.4. The van der Waals surface area contributed by atoms with Crippen molar-refractivity contribution in [3.05, 3.63) is 52.5 Å². The van der Waals surface area contributed by atoms with E-state index in [1.54, 1.807) is 43.3 Å². The number of benzene rings is 2. The van der Waals surface area contributed by atoms with E-state index in [1.165, 1.54) is 6.07 Å². The number of ether oxygens (including phenoxy) is 1. The van der Waals surface area contributed by atoms with Gasteiger partial charge in [-0.3, -0.25) is 9.59 Å². The first kappa shape index (κ1) is 25.2. The van der Waals surface area contributed by atoms with Gasteiger partial charge in [-0.05, 0) is 62.2 Å². The molecule has 2 amide bonds. The Morgan fingerprint density at radius 3 is 2.42 bits per heavy atom. The number of amides is 2. The van der Waals surface area contributed by atoms with Gasteiger partial charge in [-0.25, -0.2) is 13.1 Å². The molecule has 3 N–H and O–H groups in total. The number of carbonyl (C=O) groups is 2. The fourth-order valence-corrected chi connectivity index (χ4v) is 5.36. The van der Waals surface area contributed by atoms with Crippen molar-refractivity contribution in [3.8, 4) is 5.75 Å². The van der Waals surface area contributed by atoms with Crippen molar-refractivity contribution >= 4 is 43.5 Å². The van der Waals surface area contributed by atoms with Crippen molar-refractivity contribution in [2.75, 3.05) is 25.0 Å². The predicted octanol–water partition coefficient (Wildman–Crippen LogP) is 3.68. The van der Waals surface area contributed by atoms with Crippen LogP contribution in [0.1, 0.15) is 43.0 Å². The third-order valence-electron chi connectivity index (χ3n) is 5.34. The van der Waals surface area contributed by atoms with Crippen LogP contribution in [-0.4, -0.2) is 39.9 Å². The highest BCUT2D eigenvalue weighted by molar-refractivity contribution is 9.10. The van der Waals surface area contributed by atoms with Crippen molar-refractivity contribution in [1.29, 1.82) is 0 Å². The molecule has 1 aliphatic rings. The molecular weight excluding hydrogens is 510 g/mol. The summed E-state index contributed by atoms with van der Waals surface area (Å²) in [5.74, 6) is 0.0194. The minimum atomic E-state index is -3.82. The van der Waals surface area contributed by atoms with Gasteiger partial charge in [-0.2, -0.15) is 0 Å². The van der Waals surface area contributed by atoms with Gasteiger partial charge in [0.2, 0.25) is 15.9 Å². The van der Waals surface area contributed by atoms with Gasteiger partial charge in [0.25, 0.3) is 5.91 Å². The summed E-state index contributed by atoms with van der Waals surface area (Å²) >= 11 is 3.27. The van der Waals surface area contributed by atoms with Crippen LogP contribution in [0.15, 0.2) is 51.8 Å². The molecule has 0 heterocycles. The quantitative estimate of drug-likeness (QED) is 0.400. The predicted molar refractivity (Wildman–Crippen MR) is 130 cm³/mol. The zero-order chi connectivity index (χ0) is 23.8. The lowest BCUT2D eigenvalue weighted by Gasteiger charge is -2.13. The van der Waals surface area contributed by atoms with Crippen LogP contribution in [-0.2, 0) is 14.8 Å². The van der Waals surface area contributed by atoms with E-state index in [0.29, 0.717) is 22.3 Å². The van der Waals surface area contributed by atoms with Gasteiger partial charge in [0.15, 0.2) is 0 Å². The molecule has 10 heteroatoms. The van der Waals surface area contributed by atoms with Gasteiger partial charge in [0.1, 0.15) is 10.6 Å². The van der Waals surface area contributed by atoms with E-state index in [4.69, 9.17) is 4.74 Å². The molecule has 0 aromatic heterocycles. The average Bonchev–Trinajstić information content (AvgIpc) is 3.34. The highest BCUT2D eigenvalue weighted by atomic mass is 79.9. The van der Waals surface area contributed by atoms with Crippen LogP contribution in [0.2, 0.25) is 0 Å². The number of hydrogen-bond donors (Lipinski definition) is 3. The third-order valence-corrected chi connectivity index (χ3v) is 7.31.